The lowest BCUT2D eigenvalue weighted by Gasteiger charge is -2.28. The number of aromatic nitrogens is 6. The van der Waals surface area contributed by atoms with Crippen LogP contribution in [0.1, 0.15) is 0 Å². The number of hydrogen-bond acceptors (Lipinski definition) is 26. The molecule has 0 aliphatic carbocycles. The predicted octanol–water partition coefficient (Wildman–Crippen LogP) is 18.7. The van der Waals surface area contributed by atoms with E-state index >= 15 is 0 Å². The van der Waals surface area contributed by atoms with Crippen LogP contribution >= 0.6 is 81.2 Å². The molecule has 0 atom stereocenters. The van der Waals surface area contributed by atoms with E-state index < -0.39 is 80.2 Å². The SMILES string of the molecule is O=S(=O)(Nc1ccc(Cl)c(-c2ccc3ccccc3n2)c1)c1ccc(N2COCCS2(=O)=O)cc1Cl.O=S(=O)(Nc1ccc(Cl)c(-c2ccc3cnccc3n2)c1)c1ccc(N2COCCS2(=O)=O)cc1.O=S(=O)(Nc1ccc(Cl)c(-c2ncc3ccccc3n2)c1)c1ccc(N2COCCS2(=O)=O)cc1Cl.O=S(=O)(Nc1ccc(Cl)c(-c2nccc3ccccc23)c1)c1ccc(N2COCCS2(=O)=O)cc1Cl. The van der Waals surface area contributed by atoms with Crippen LogP contribution in [0.4, 0.5) is 45.5 Å². The smallest absolute Gasteiger partial charge is 0.263 e. The molecule has 5 aromatic heterocycles. The van der Waals surface area contributed by atoms with Crippen molar-refractivity contribution >= 4 is 250 Å². The van der Waals surface area contributed by atoms with E-state index in [2.05, 4.69) is 48.8 Å². The van der Waals surface area contributed by atoms with Crippen molar-refractivity contribution in [3.05, 3.63) is 321 Å². The lowest BCUT2D eigenvalue weighted by molar-refractivity contribution is 0.149. The average molecular weight is 2230 g/mol. The monoisotopic (exact) mass is 2220 g/mol. The number of hydrogen-bond donors (Lipinski definition) is 4. The molecule has 0 spiro atoms. The molecule has 0 bridgehead atoms. The Morgan fingerprint density at radius 1 is 0.294 bits per heavy atom. The molecule has 4 aliphatic heterocycles. The Labute approximate surface area is 856 Å². The average Bonchev–Trinajstić information content (AvgIpc) is 0.778. The minimum atomic E-state index is -4.13. The highest BCUT2D eigenvalue weighted by atomic mass is 35.5. The molecule has 0 saturated carbocycles. The predicted molar refractivity (Wildman–Crippen MR) is 557 cm³/mol. The standard InChI is InChI=1S/2C24H19Cl2N3O5S2.C23H18Cl2N4O5S2.C23H19ClN4O5S2/c25-20-8-6-17(13-19(20)23-9-5-16-3-1-2-4-22(16)27-23)28-36(32,33)24-10-7-18(14-21(24)26)29-15-34-11-12-35(29,30)31;25-21-7-5-17(13-20(21)24-19-4-2-1-3-16(19)9-10-27-24)28-36(32,33)23-8-6-18(14-22(23)26)29-15-34-11-12-35(29,30)31;24-19-7-5-16(11-18(19)23-26-13-15-3-1-2-4-21(15)27-23)28-36(32,33)22-8-6-17(12-20(22)25)29-14-34-9-10-35(29,30)31;24-21-7-2-17(13-20(21)23-8-1-16-14-25-10-9-22(16)26-23)27-35(31,32)19-5-3-18(4-6-19)28-15-33-11-12-34(28,29)30/h2*1-10,13-14,28H,11-12,15H2;1-8,11-13,28H,9-10,14H2;1-10,13-14,27H,11-12,15H2. The van der Waals surface area contributed by atoms with Gasteiger partial charge in [-0.2, -0.15) is 0 Å². The second-order valence-electron chi connectivity index (χ2n) is 31.6. The molecule has 0 amide bonds. The lowest BCUT2D eigenvalue weighted by atomic mass is 10.0. The van der Waals surface area contributed by atoms with E-state index in [0.717, 1.165) is 60.7 Å². The summed E-state index contributed by atoms with van der Waals surface area (Å²) in [7, 11) is -30.5. The van der Waals surface area contributed by atoms with Gasteiger partial charge in [-0.25, -0.2) is 104 Å². The molecule has 0 radical (unpaired) electrons. The van der Waals surface area contributed by atoms with Crippen molar-refractivity contribution in [2.75, 3.05) is 112 Å². The molecule has 9 heterocycles. The highest BCUT2D eigenvalue weighted by Gasteiger charge is 2.35. The minimum Gasteiger partial charge on any atom is -0.359 e. The fourth-order valence-electron chi connectivity index (χ4n) is 15.0. The number of sulfonamides is 8. The number of ether oxygens (including phenoxy) is 4. The van der Waals surface area contributed by atoms with Crippen molar-refractivity contribution in [1.29, 1.82) is 0 Å². The van der Waals surface area contributed by atoms with Crippen molar-refractivity contribution in [3.8, 4) is 45.2 Å². The van der Waals surface area contributed by atoms with Crippen molar-refractivity contribution in [3.63, 3.8) is 0 Å². The zero-order chi connectivity index (χ0) is 101. The summed E-state index contributed by atoms with van der Waals surface area (Å²) in [4.78, 5) is 26.0. The molecular formula is C94H75Cl7N14O20S8. The molecule has 16 aromatic rings. The Bertz CT molecular complexity index is 8460. The first-order chi connectivity index (χ1) is 68.2. The molecule has 738 valence electrons. The number of nitrogens with one attached hydrogen (secondary N) is 4. The van der Waals surface area contributed by atoms with Crippen LogP contribution in [0.25, 0.3) is 88.6 Å². The summed E-state index contributed by atoms with van der Waals surface area (Å²) in [5.41, 5.74) is 8.18. The molecule has 143 heavy (non-hydrogen) atoms. The molecule has 0 unspecified atom stereocenters. The van der Waals surface area contributed by atoms with Gasteiger partial charge in [0.05, 0.1) is 146 Å². The Morgan fingerprint density at radius 3 is 1.10 bits per heavy atom. The van der Waals surface area contributed by atoms with Crippen LogP contribution in [0.5, 0.6) is 0 Å². The first-order valence-electron chi connectivity index (χ1n) is 42.4. The van der Waals surface area contributed by atoms with Crippen LogP contribution in [-0.2, 0) is 99.1 Å². The third-order valence-corrected chi connectivity index (χ3v) is 37.2. The van der Waals surface area contributed by atoms with E-state index in [9.17, 15) is 67.3 Å². The fraction of sp³-hybridized carbons (Fsp3) is 0.128. The maximum atomic E-state index is 13.2. The first kappa shape index (κ1) is 102. The largest absolute Gasteiger partial charge is 0.359 e. The van der Waals surface area contributed by atoms with Crippen LogP contribution < -0.4 is 36.1 Å². The van der Waals surface area contributed by atoms with Crippen molar-refractivity contribution in [2.24, 2.45) is 0 Å². The fourth-order valence-corrected chi connectivity index (χ4v) is 26.6. The summed E-state index contributed by atoms with van der Waals surface area (Å²) < 4.78 is 239. The van der Waals surface area contributed by atoms with Gasteiger partial charge >= 0.3 is 0 Å². The Balaban J connectivity index is 0.000000131. The first-order valence-corrected chi connectivity index (χ1v) is 57.4. The number of rotatable bonds is 20. The topological polar surface area (TPSA) is 448 Å². The highest BCUT2D eigenvalue weighted by Crippen LogP contribution is 2.42. The highest BCUT2D eigenvalue weighted by molar-refractivity contribution is 7.95. The molecule has 4 aliphatic rings. The molecule has 4 fully saturated rings. The number of para-hydroxylation sites is 2. The molecule has 20 rings (SSSR count). The normalized spacial score (nSPS) is 15.7. The quantitative estimate of drug-likeness (QED) is 0.0550. The number of nitrogens with zero attached hydrogens (tertiary/aromatic N) is 10. The van der Waals surface area contributed by atoms with Crippen molar-refractivity contribution < 1.29 is 86.3 Å². The van der Waals surface area contributed by atoms with Gasteiger partial charge in [-0.05, 0) is 200 Å². The molecule has 4 N–H and O–H groups in total. The van der Waals surface area contributed by atoms with Crippen LogP contribution in [0.15, 0.2) is 305 Å². The molecule has 4 saturated heterocycles. The van der Waals surface area contributed by atoms with E-state index in [1.54, 1.807) is 85.5 Å². The summed E-state index contributed by atoms with van der Waals surface area (Å²) in [5.74, 6) is -0.303. The van der Waals surface area contributed by atoms with Gasteiger partial charge in [-0.1, -0.05) is 148 Å². The number of pyridine rings is 4. The van der Waals surface area contributed by atoms with Crippen molar-refractivity contribution in [2.45, 2.75) is 19.6 Å². The van der Waals surface area contributed by atoms with Crippen molar-refractivity contribution in [1.82, 2.24) is 29.9 Å². The summed E-state index contributed by atoms with van der Waals surface area (Å²) in [6, 6.07) is 69.9. The van der Waals surface area contributed by atoms with Gasteiger partial charge in [0, 0.05) is 91.3 Å². The number of fused-ring (bicyclic) bond motifs is 4. The van der Waals surface area contributed by atoms with E-state index in [0.29, 0.717) is 76.6 Å². The van der Waals surface area contributed by atoms with Crippen LogP contribution in [-0.4, -0.2) is 174 Å². The third kappa shape index (κ3) is 23.4. The number of anilines is 8. The van der Waals surface area contributed by atoms with Gasteiger partial charge in [0.1, 0.15) is 41.6 Å². The van der Waals surface area contributed by atoms with E-state index in [4.69, 9.17) is 100 Å². The lowest BCUT2D eigenvalue weighted by Crippen LogP contribution is -2.41. The summed E-state index contributed by atoms with van der Waals surface area (Å²) in [5, 5.41) is 5.72. The van der Waals surface area contributed by atoms with Gasteiger partial charge in [0.15, 0.2) is 5.82 Å². The summed E-state index contributed by atoms with van der Waals surface area (Å²) in [6.45, 7) is -0.202. The zero-order valence-corrected chi connectivity index (χ0v) is 85.5. The zero-order valence-electron chi connectivity index (χ0n) is 73.7. The van der Waals surface area contributed by atoms with Gasteiger partial charge in [0.2, 0.25) is 40.1 Å². The molecule has 34 nitrogen and oxygen atoms in total. The van der Waals surface area contributed by atoms with Gasteiger partial charge in [0.25, 0.3) is 40.1 Å². The Kier molecular flexibility index (Phi) is 30.4. The second kappa shape index (κ2) is 42.4. The van der Waals surface area contributed by atoms with Crippen LogP contribution in [0.3, 0.4) is 0 Å². The summed E-state index contributed by atoms with van der Waals surface area (Å²) in [6.07, 6.45) is 6.68. The van der Waals surface area contributed by atoms with E-state index in [1.165, 1.54) is 103 Å². The molecular weight excluding hydrogens is 2150 g/mol. The van der Waals surface area contributed by atoms with Crippen LogP contribution in [0, 0.1) is 0 Å². The second-order valence-corrected chi connectivity index (χ2v) is 49.2. The van der Waals surface area contributed by atoms with Gasteiger partial charge < -0.3 is 18.9 Å². The Morgan fingerprint density at radius 2 is 0.650 bits per heavy atom. The molecule has 49 heteroatoms. The van der Waals surface area contributed by atoms with Gasteiger partial charge in [-0.3, -0.25) is 28.9 Å². The summed E-state index contributed by atoms with van der Waals surface area (Å²) >= 11 is 44.5. The maximum Gasteiger partial charge on any atom is 0.263 e. The maximum absolute atomic E-state index is 13.2. The van der Waals surface area contributed by atoms with Gasteiger partial charge in [-0.15, -0.1) is 0 Å². The van der Waals surface area contributed by atoms with E-state index in [-0.39, 0.29) is 145 Å². The minimum absolute atomic E-state index is 0.0237. The Hall–Kier alpha value is -12.0. The van der Waals surface area contributed by atoms with E-state index in [1.807, 2.05) is 97.1 Å². The number of halogens is 7. The van der Waals surface area contributed by atoms with Crippen LogP contribution in [0.2, 0.25) is 35.2 Å². The number of benzene rings is 11. The molecule has 11 aromatic carbocycles. The third-order valence-electron chi connectivity index (χ3n) is 22.2.